The van der Waals surface area contributed by atoms with Crippen molar-refractivity contribution in [3.8, 4) is 44.5 Å². The fourth-order valence-corrected chi connectivity index (χ4v) is 10.6. The minimum Gasteiger partial charge on any atom is -0.454 e. The highest BCUT2D eigenvalue weighted by Gasteiger charge is 2.38. The lowest BCUT2D eigenvalue weighted by Gasteiger charge is -2.30. The van der Waals surface area contributed by atoms with E-state index < -0.39 is 0 Å². The molecule has 0 fully saturated rings. The SMILES string of the molecule is CC1(C)c2ccccc2-c2ccc(-c3ccc4c(oc5ccc6ccccc6c54)c3N(c3ccc(-c4ccccc4)cc3)c3ccc4c(c3)C(C)(C)c3ccccc3-4)cc21. The Balaban J connectivity index is 1.16. The van der Waals surface area contributed by atoms with Crippen molar-refractivity contribution >= 4 is 49.8 Å². The van der Waals surface area contributed by atoms with Crippen LogP contribution in [0.3, 0.4) is 0 Å². The molecule has 2 nitrogen and oxygen atoms in total. The van der Waals surface area contributed by atoms with Gasteiger partial charge in [-0.15, -0.1) is 0 Å². The molecule has 10 aromatic rings. The first-order chi connectivity index (χ1) is 29.3. The van der Waals surface area contributed by atoms with E-state index in [9.17, 15) is 0 Å². The molecule has 2 aliphatic rings. The number of benzene rings is 9. The minimum absolute atomic E-state index is 0.141. The van der Waals surface area contributed by atoms with Crippen LogP contribution in [0.15, 0.2) is 192 Å². The van der Waals surface area contributed by atoms with Gasteiger partial charge in [0.25, 0.3) is 0 Å². The number of nitrogens with zero attached hydrogens (tertiary/aromatic N) is 1. The molecular weight excluding hydrogens is 727 g/mol. The van der Waals surface area contributed by atoms with Crippen LogP contribution in [0.2, 0.25) is 0 Å². The summed E-state index contributed by atoms with van der Waals surface area (Å²) in [6.45, 7) is 9.45. The molecule has 0 saturated carbocycles. The zero-order valence-corrected chi connectivity index (χ0v) is 34.3. The van der Waals surface area contributed by atoms with Crippen molar-refractivity contribution in [1.29, 1.82) is 0 Å². The van der Waals surface area contributed by atoms with Gasteiger partial charge in [0.15, 0.2) is 5.58 Å². The minimum atomic E-state index is -0.168. The van der Waals surface area contributed by atoms with E-state index in [1.165, 1.54) is 66.4 Å². The lowest BCUT2D eigenvalue weighted by Crippen LogP contribution is -2.17. The first kappa shape index (κ1) is 34.8. The molecule has 0 saturated heterocycles. The monoisotopic (exact) mass is 769 g/mol. The summed E-state index contributed by atoms with van der Waals surface area (Å²) in [6.07, 6.45) is 0. The smallest absolute Gasteiger partial charge is 0.160 e. The molecule has 60 heavy (non-hydrogen) atoms. The molecule has 0 amide bonds. The van der Waals surface area contributed by atoms with Crippen molar-refractivity contribution in [2.45, 2.75) is 38.5 Å². The average molecular weight is 770 g/mol. The van der Waals surface area contributed by atoms with Gasteiger partial charge in [0.1, 0.15) is 5.58 Å². The fourth-order valence-electron chi connectivity index (χ4n) is 10.6. The number of hydrogen-bond donors (Lipinski definition) is 0. The molecule has 2 heteroatoms. The Bertz CT molecular complexity index is 3370. The summed E-state index contributed by atoms with van der Waals surface area (Å²) in [4.78, 5) is 2.46. The van der Waals surface area contributed by atoms with Gasteiger partial charge in [0.2, 0.25) is 0 Å². The van der Waals surface area contributed by atoms with Gasteiger partial charge in [-0.2, -0.15) is 0 Å². The Morgan fingerprint density at radius 3 is 1.67 bits per heavy atom. The molecule has 286 valence electrons. The van der Waals surface area contributed by atoms with Crippen LogP contribution < -0.4 is 4.90 Å². The maximum Gasteiger partial charge on any atom is 0.160 e. The Labute approximate surface area is 351 Å². The molecule has 0 unspecified atom stereocenters. The van der Waals surface area contributed by atoms with Crippen molar-refractivity contribution in [3.05, 3.63) is 210 Å². The Kier molecular flexibility index (Phi) is 7.36. The number of furan rings is 1. The number of anilines is 3. The summed E-state index contributed by atoms with van der Waals surface area (Å²) >= 11 is 0. The van der Waals surface area contributed by atoms with Crippen molar-refractivity contribution in [3.63, 3.8) is 0 Å². The molecule has 0 bridgehead atoms. The summed E-state index contributed by atoms with van der Waals surface area (Å²) in [5.74, 6) is 0. The normalized spacial score (nSPS) is 14.3. The summed E-state index contributed by atoms with van der Waals surface area (Å²) in [5.41, 5.74) is 20.0. The first-order valence-corrected chi connectivity index (χ1v) is 21.1. The van der Waals surface area contributed by atoms with E-state index in [-0.39, 0.29) is 10.8 Å². The largest absolute Gasteiger partial charge is 0.454 e. The van der Waals surface area contributed by atoms with Crippen LogP contribution in [0.5, 0.6) is 0 Å². The molecule has 1 heterocycles. The van der Waals surface area contributed by atoms with Crippen LogP contribution in [0.4, 0.5) is 17.1 Å². The fraction of sp³-hybridized carbons (Fsp3) is 0.103. The predicted molar refractivity (Wildman–Crippen MR) is 252 cm³/mol. The van der Waals surface area contributed by atoms with Gasteiger partial charge in [-0.05, 0) is 114 Å². The van der Waals surface area contributed by atoms with E-state index >= 15 is 0 Å². The van der Waals surface area contributed by atoms with Gasteiger partial charge < -0.3 is 9.32 Å². The number of hydrogen-bond acceptors (Lipinski definition) is 2. The van der Waals surface area contributed by atoms with E-state index in [1.54, 1.807) is 0 Å². The number of rotatable bonds is 5. The van der Waals surface area contributed by atoms with Crippen LogP contribution in [-0.2, 0) is 10.8 Å². The van der Waals surface area contributed by atoms with Gasteiger partial charge in [-0.25, -0.2) is 0 Å². The van der Waals surface area contributed by atoms with Gasteiger partial charge in [0, 0.05) is 38.5 Å². The summed E-state index contributed by atoms with van der Waals surface area (Å²) in [7, 11) is 0. The third-order valence-corrected chi connectivity index (χ3v) is 13.7. The second-order valence-electron chi connectivity index (χ2n) is 17.7. The van der Waals surface area contributed by atoms with E-state index in [0.717, 1.165) is 50.1 Å². The molecule has 0 spiro atoms. The predicted octanol–water partition coefficient (Wildman–Crippen LogP) is 16.2. The van der Waals surface area contributed by atoms with Crippen LogP contribution >= 0.6 is 0 Å². The highest BCUT2D eigenvalue weighted by atomic mass is 16.3. The molecule has 9 aromatic carbocycles. The van der Waals surface area contributed by atoms with E-state index in [0.29, 0.717) is 0 Å². The van der Waals surface area contributed by atoms with Crippen molar-refractivity contribution in [1.82, 2.24) is 0 Å². The molecular formula is C58H43NO. The second kappa shape index (κ2) is 12.7. The molecule has 0 radical (unpaired) electrons. The molecule has 2 aliphatic carbocycles. The standard InChI is InChI=1S/C58H43NO/c1-57(2)49-20-12-10-18-44(49)46-29-24-39(34-51(46)57)43-31-32-48-54-42-17-9-8-16-38(42)25-33-53(54)60-56(48)55(43)59(40-26-22-37(23-27-40)36-14-6-5-7-15-36)41-28-30-47-45-19-11-13-21-50(45)58(3,4)52(47)35-41/h5-35H,1-4H3. The van der Waals surface area contributed by atoms with Gasteiger partial charge in [0.05, 0.1) is 5.69 Å². The van der Waals surface area contributed by atoms with Crippen LogP contribution in [0.25, 0.3) is 77.2 Å². The van der Waals surface area contributed by atoms with E-state index in [1.807, 2.05) is 0 Å². The Hall–Kier alpha value is -7.16. The molecule has 0 atom stereocenters. The highest BCUT2D eigenvalue weighted by molar-refractivity contribution is 6.22. The lowest BCUT2D eigenvalue weighted by atomic mass is 9.81. The average Bonchev–Trinajstić information content (AvgIpc) is 3.87. The van der Waals surface area contributed by atoms with Crippen molar-refractivity contribution in [2.75, 3.05) is 4.90 Å². The van der Waals surface area contributed by atoms with E-state index in [2.05, 4.69) is 221 Å². The Morgan fingerprint density at radius 1 is 0.383 bits per heavy atom. The lowest BCUT2D eigenvalue weighted by molar-refractivity contribution is 0.660. The van der Waals surface area contributed by atoms with Crippen LogP contribution in [0.1, 0.15) is 49.9 Å². The summed E-state index contributed by atoms with van der Waals surface area (Å²) < 4.78 is 7.20. The zero-order valence-electron chi connectivity index (χ0n) is 34.3. The van der Waals surface area contributed by atoms with Crippen LogP contribution in [0, 0.1) is 0 Å². The first-order valence-electron chi connectivity index (χ1n) is 21.1. The Morgan fingerprint density at radius 2 is 0.933 bits per heavy atom. The third kappa shape index (κ3) is 4.94. The molecule has 12 rings (SSSR count). The quantitative estimate of drug-likeness (QED) is 0.173. The second-order valence-corrected chi connectivity index (χ2v) is 17.7. The molecule has 0 aliphatic heterocycles. The van der Waals surface area contributed by atoms with Crippen LogP contribution in [-0.4, -0.2) is 0 Å². The maximum absolute atomic E-state index is 7.20. The highest BCUT2D eigenvalue weighted by Crippen LogP contribution is 2.55. The van der Waals surface area contributed by atoms with Gasteiger partial charge in [-0.1, -0.05) is 173 Å². The zero-order chi connectivity index (χ0) is 40.3. The van der Waals surface area contributed by atoms with Gasteiger partial charge in [-0.3, -0.25) is 0 Å². The topological polar surface area (TPSA) is 16.4 Å². The molecule has 1 aromatic heterocycles. The van der Waals surface area contributed by atoms with Gasteiger partial charge >= 0.3 is 0 Å². The number of fused-ring (bicyclic) bond motifs is 11. The third-order valence-electron chi connectivity index (χ3n) is 13.7. The van der Waals surface area contributed by atoms with Crippen molar-refractivity contribution in [2.24, 2.45) is 0 Å². The van der Waals surface area contributed by atoms with E-state index in [4.69, 9.17) is 4.42 Å². The summed E-state index contributed by atoms with van der Waals surface area (Å²) in [5, 5.41) is 4.65. The maximum atomic E-state index is 7.20. The molecule has 0 N–H and O–H groups in total. The van der Waals surface area contributed by atoms with Crippen molar-refractivity contribution < 1.29 is 4.42 Å². The summed E-state index contributed by atoms with van der Waals surface area (Å²) in [6, 6.07) is 69.3.